The summed E-state index contributed by atoms with van der Waals surface area (Å²) in [6, 6.07) is 7.31. The number of carboxylic acid groups (broad SMARTS) is 1. The van der Waals surface area contributed by atoms with Gasteiger partial charge in [-0.25, -0.2) is 0 Å². The van der Waals surface area contributed by atoms with Crippen molar-refractivity contribution in [2.24, 2.45) is 0 Å². The topological polar surface area (TPSA) is 78.9 Å². The van der Waals surface area contributed by atoms with Crippen molar-refractivity contribution in [1.82, 2.24) is 10.2 Å². The highest BCUT2D eigenvalue weighted by atomic mass is 35.5. The maximum Gasteiger partial charge on any atom is 0.320 e. The number of nitrogens with one attached hydrogen (secondary N) is 1. The summed E-state index contributed by atoms with van der Waals surface area (Å²) in [5, 5.41) is 11.9. The first kappa shape index (κ1) is 20.3. The van der Waals surface area contributed by atoms with Crippen molar-refractivity contribution < 1.29 is 19.4 Å². The lowest BCUT2D eigenvalue weighted by atomic mass is 10.2. The number of likely N-dealkylation sites (tertiary alicyclic amines) is 1. The molecule has 0 aliphatic carbocycles. The average molecular weight is 357 g/mol. The van der Waals surface area contributed by atoms with Crippen molar-refractivity contribution in [3.05, 3.63) is 29.8 Å². The lowest BCUT2D eigenvalue weighted by Gasteiger charge is -2.20. The van der Waals surface area contributed by atoms with Crippen LogP contribution < -0.4 is 10.1 Å². The zero-order valence-electron chi connectivity index (χ0n) is 13.9. The molecule has 24 heavy (non-hydrogen) atoms. The van der Waals surface area contributed by atoms with Crippen LogP contribution >= 0.6 is 12.4 Å². The highest BCUT2D eigenvalue weighted by Gasteiger charge is 2.31. The van der Waals surface area contributed by atoms with Crippen LogP contribution in [0.1, 0.15) is 24.8 Å². The van der Waals surface area contributed by atoms with Crippen LogP contribution in [0.15, 0.2) is 24.3 Å². The van der Waals surface area contributed by atoms with E-state index in [1.165, 1.54) is 0 Å². The minimum atomic E-state index is -0.846. The summed E-state index contributed by atoms with van der Waals surface area (Å²) in [6.07, 6.45) is 2.16. The molecule has 134 valence electrons. The quantitative estimate of drug-likeness (QED) is 0.695. The fourth-order valence-electron chi connectivity index (χ4n) is 2.73. The Morgan fingerprint density at radius 2 is 2.21 bits per heavy atom. The second-order valence-corrected chi connectivity index (χ2v) is 5.84. The number of aryl methyl sites for hydroxylation is 1. The van der Waals surface area contributed by atoms with Gasteiger partial charge in [-0.2, -0.15) is 0 Å². The smallest absolute Gasteiger partial charge is 0.320 e. The molecule has 2 N–H and O–H groups in total. The molecule has 0 bridgehead atoms. The SMILES string of the molecule is Cc1cccc(OCCCNC(=O)CN2CCC[C@@H]2C(=O)O)c1.Cl. The van der Waals surface area contributed by atoms with Gasteiger partial charge in [0.15, 0.2) is 0 Å². The van der Waals surface area contributed by atoms with E-state index in [9.17, 15) is 9.59 Å². The molecule has 1 aliphatic rings. The summed E-state index contributed by atoms with van der Waals surface area (Å²) in [5.74, 6) is -0.145. The number of nitrogens with zero attached hydrogens (tertiary/aromatic N) is 1. The highest BCUT2D eigenvalue weighted by molar-refractivity contribution is 5.85. The summed E-state index contributed by atoms with van der Waals surface area (Å²) in [5.41, 5.74) is 1.15. The number of hydrogen-bond donors (Lipinski definition) is 2. The molecule has 0 spiro atoms. The Morgan fingerprint density at radius 1 is 1.42 bits per heavy atom. The number of carbonyl (C=O) groups excluding carboxylic acids is 1. The van der Waals surface area contributed by atoms with Gasteiger partial charge >= 0.3 is 5.97 Å². The zero-order valence-corrected chi connectivity index (χ0v) is 14.7. The van der Waals surface area contributed by atoms with Gasteiger partial charge in [0.05, 0.1) is 13.2 Å². The molecule has 0 saturated carbocycles. The van der Waals surface area contributed by atoms with Gasteiger partial charge in [0.25, 0.3) is 0 Å². The summed E-state index contributed by atoms with van der Waals surface area (Å²) >= 11 is 0. The third-order valence-electron chi connectivity index (χ3n) is 3.90. The van der Waals surface area contributed by atoms with Crippen molar-refractivity contribution in [2.45, 2.75) is 32.2 Å². The van der Waals surface area contributed by atoms with E-state index in [0.29, 0.717) is 32.5 Å². The summed E-state index contributed by atoms with van der Waals surface area (Å²) in [6.45, 7) is 3.88. The van der Waals surface area contributed by atoms with E-state index in [1.807, 2.05) is 31.2 Å². The Labute approximate surface area is 148 Å². The third-order valence-corrected chi connectivity index (χ3v) is 3.90. The molecule has 7 heteroatoms. The molecule has 1 aromatic rings. The molecule has 1 aliphatic heterocycles. The van der Waals surface area contributed by atoms with E-state index < -0.39 is 12.0 Å². The van der Waals surface area contributed by atoms with Crippen LogP contribution in [-0.4, -0.2) is 54.2 Å². The van der Waals surface area contributed by atoms with Gasteiger partial charge < -0.3 is 15.2 Å². The van der Waals surface area contributed by atoms with Gasteiger partial charge in [-0.1, -0.05) is 12.1 Å². The molecule has 0 radical (unpaired) electrons. The van der Waals surface area contributed by atoms with E-state index in [1.54, 1.807) is 4.90 Å². The number of ether oxygens (including phenoxy) is 1. The first-order chi connectivity index (χ1) is 11.1. The largest absolute Gasteiger partial charge is 0.494 e. The number of benzene rings is 1. The number of carbonyl (C=O) groups is 2. The predicted octanol–water partition coefficient (Wildman–Crippen LogP) is 1.85. The summed E-state index contributed by atoms with van der Waals surface area (Å²) < 4.78 is 5.61. The number of carboxylic acids is 1. The van der Waals surface area contributed by atoms with Gasteiger partial charge in [0.2, 0.25) is 5.91 Å². The Bertz CT molecular complexity index is 553. The molecule has 0 unspecified atom stereocenters. The number of hydrogen-bond acceptors (Lipinski definition) is 4. The molecule has 6 nitrogen and oxygen atoms in total. The molecule has 1 heterocycles. The van der Waals surface area contributed by atoms with Crippen molar-refractivity contribution >= 4 is 24.3 Å². The third kappa shape index (κ3) is 6.37. The zero-order chi connectivity index (χ0) is 16.7. The Morgan fingerprint density at radius 3 is 2.92 bits per heavy atom. The Kier molecular flexibility index (Phi) is 8.57. The summed E-state index contributed by atoms with van der Waals surface area (Å²) in [7, 11) is 0. The van der Waals surface area contributed by atoms with E-state index in [4.69, 9.17) is 9.84 Å². The average Bonchev–Trinajstić information content (AvgIpc) is 2.95. The monoisotopic (exact) mass is 356 g/mol. The number of rotatable bonds is 8. The van der Waals surface area contributed by atoms with E-state index >= 15 is 0 Å². The van der Waals surface area contributed by atoms with Crippen LogP contribution in [0.2, 0.25) is 0 Å². The van der Waals surface area contributed by atoms with Gasteiger partial charge in [0.1, 0.15) is 11.8 Å². The molecular formula is C17H25ClN2O4. The Balaban J connectivity index is 0.00000288. The second-order valence-electron chi connectivity index (χ2n) is 5.84. The van der Waals surface area contributed by atoms with Crippen LogP contribution in [0.3, 0.4) is 0 Å². The van der Waals surface area contributed by atoms with Crippen LogP contribution in [-0.2, 0) is 9.59 Å². The van der Waals surface area contributed by atoms with E-state index in [-0.39, 0.29) is 24.9 Å². The summed E-state index contributed by atoms with van der Waals surface area (Å²) in [4.78, 5) is 24.6. The molecule has 1 fully saturated rings. The van der Waals surface area contributed by atoms with E-state index in [2.05, 4.69) is 5.32 Å². The predicted molar refractivity (Wildman–Crippen MR) is 93.8 cm³/mol. The van der Waals surface area contributed by atoms with Crippen LogP contribution in [0.4, 0.5) is 0 Å². The fraction of sp³-hybridized carbons (Fsp3) is 0.529. The van der Waals surface area contributed by atoms with E-state index in [0.717, 1.165) is 17.7 Å². The first-order valence-electron chi connectivity index (χ1n) is 7.99. The van der Waals surface area contributed by atoms with Crippen molar-refractivity contribution in [2.75, 3.05) is 26.2 Å². The minimum absolute atomic E-state index is 0. The maximum atomic E-state index is 11.9. The van der Waals surface area contributed by atoms with Crippen LogP contribution in [0, 0.1) is 6.92 Å². The Hall–Kier alpha value is -1.79. The molecule has 1 amide bonds. The van der Waals surface area contributed by atoms with Crippen molar-refractivity contribution in [1.29, 1.82) is 0 Å². The first-order valence-corrected chi connectivity index (χ1v) is 7.99. The molecule has 1 aromatic carbocycles. The lowest BCUT2D eigenvalue weighted by Crippen LogP contribution is -2.43. The molecule has 1 saturated heterocycles. The van der Waals surface area contributed by atoms with Gasteiger partial charge in [0, 0.05) is 6.54 Å². The maximum absolute atomic E-state index is 11.9. The van der Waals surface area contributed by atoms with Crippen LogP contribution in [0.25, 0.3) is 0 Å². The van der Waals surface area contributed by atoms with Crippen molar-refractivity contribution in [3.8, 4) is 5.75 Å². The lowest BCUT2D eigenvalue weighted by molar-refractivity contribution is -0.142. The van der Waals surface area contributed by atoms with Gasteiger partial charge in [-0.15, -0.1) is 12.4 Å². The van der Waals surface area contributed by atoms with Crippen LogP contribution in [0.5, 0.6) is 5.75 Å². The number of aliphatic carboxylic acids is 1. The van der Waals surface area contributed by atoms with Gasteiger partial charge in [-0.3, -0.25) is 14.5 Å². The normalized spacial score (nSPS) is 17.1. The standard InChI is InChI=1S/C17H24N2O4.ClH/c1-13-5-2-6-14(11-13)23-10-4-8-18-16(20)12-19-9-3-7-15(19)17(21)22;/h2,5-6,11,15H,3-4,7-10,12H2,1H3,(H,18,20)(H,21,22);1H/t15-;/m1./s1. The number of amides is 1. The molecule has 2 rings (SSSR count). The highest BCUT2D eigenvalue weighted by Crippen LogP contribution is 2.16. The minimum Gasteiger partial charge on any atom is -0.494 e. The van der Waals surface area contributed by atoms with Crippen molar-refractivity contribution in [3.63, 3.8) is 0 Å². The second kappa shape index (κ2) is 10.2. The molecular weight excluding hydrogens is 332 g/mol. The molecule has 1 atom stereocenters. The number of halogens is 1. The molecule has 0 aromatic heterocycles. The fourth-order valence-corrected chi connectivity index (χ4v) is 2.73. The van der Waals surface area contributed by atoms with Gasteiger partial charge in [-0.05, 0) is 50.4 Å².